The Balaban J connectivity index is 1.61. The van der Waals surface area contributed by atoms with Crippen LogP contribution in [0.15, 0.2) is 41.3 Å². The van der Waals surface area contributed by atoms with E-state index in [0.717, 1.165) is 15.2 Å². The summed E-state index contributed by atoms with van der Waals surface area (Å²) in [4.78, 5) is 17.2. The molecule has 10 heteroatoms. The highest BCUT2D eigenvalue weighted by Crippen LogP contribution is 2.29. The van der Waals surface area contributed by atoms with E-state index in [-0.39, 0.29) is 40.8 Å². The molecule has 3 aromatic rings. The molecule has 0 radical (unpaired) electrons. The third kappa shape index (κ3) is 4.61. The maximum Gasteiger partial charge on any atom is 0.255 e. The molecule has 2 atom stereocenters. The van der Waals surface area contributed by atoms with Gasteiger partial charge in [0, 0.05) is 24.3 Å². The highest BCUT2D eigenvalue weighted by Gasteiger charge is 2.33. The van der Waals surface area contributed by atoms with Crippen molar-refractivity contribution in [2.75, 3.05) is 18.4 Å². The van der Waals surface area contributed by atoms with Gasteiger partial charge in [0.2, 0.25) is 10.0 Å². The van der Waals surface area contributed by atoms with Gasteiger partial charge in [0.25, 0.3) is 5.91 Å². The minimum Gasteiger partial charge on any atom is -0.373 e. The van der Waals surface area contributed by atoms with E-state index in [9.17, 15) is 13.2 Å². The lowest BCUT2D eigenvalue weighted by atomic mass is 10.2. The quantitative estimate of drug-likeness (QED) is 0.602. The molecule has 0 spiro atoms. The third-order valence-electron chi connectivity index (χ3n) is 4.95. The van der Waals surface area contributed by atoms with Crippen molar-refractivity contribution < 1.29 is 17.9 Å². The Morgan fingerprint density at radius 2 is 1.90 bits per heavy atom. The van der Waals surface area contributed by atoms with Crippen LogP contribution in [0.5, 0.6) is 0 Å². The molecular weight excluding hydrogens is 458 g/mol. The Hall–Kier alpha value is -2.04. The molecule has 0 aliphatic carbocycles. The molecule has 1 aliphatic heterocycles. The zero-order valence-corrected chi connectivity index (χ0v) is 19.6. The van der Waals surface area contributed by atoms with E-state index in [2.05, 4.69) is 10.3 Å². The third-order valence-corrected chi connectivity index (χ3v) is 8.20. The van der Waals surface area contributed by atoms with Gasteiger partial charge in [-0.25, -0.2) is 13.4 Å². The van der Waals surface area contributed by atoms with Crippen LogP contribution in [0.1, 0.15) is 29.2 Å². The summed E-state index contributed by atoms with van der Waals surface area (Å²) in [5.41, 5.74) is 1.68. The maximum atomic E-state index is 13.2. The predicted molar refractivity (Wildman–Crippen MR) is 123 cm³/mol. The summed E-state index contributed by atoms with van der Waals surface area (Å²) in [6, 6.07) is 9.73. The number of morpholine rings is 1. The number of hydrogen-bond donors (Lipinski definition) is 1. The fourth-order valence-electron chi connectivity index (χ4n) is 3.63. The number of amides is 1. The number of aromatic nitrogens is 1. The molecule has 1 saturated heterocycles. The minimum absolute atomic E-state index is 0.0740. The van der Waals surface area contributed by atoms with E-state index in [1.54, 1.807) is 6.07 Å². The lowest BCUT2D eigenvalue weighted by molar-refractivity contribution is -0.0440. The molecule has 2 unspecified atom stereocenters. The second kappa shape index (κ2) is 8.48. The molecule has 1 amide bonds. The number of anilines is 1. The predicted octanol–water partition coefficient (Wildman–Crippen LogP) is 4.31. The van der Waals surface area contributed by atoms with Gasteiger partial charge in [-0.1, -0.05) is 11.6 Å². The van der Waals surface area contributed by atoms with Crippen LogP contribution in [0.2, 0.25) is 5.02 Å². The first-order valence-electron chi connectivity index (χ1n) is 9.77. The molecule has 1 N–H and O–H groups in total. The molecule has 0 saturated carbocycles. The largest absolute Gasteiger partial charge is 0.373 e. The average molecular weight is 480 g/mol. The van der Waals surface area contributed by atoms with Crippen LogP contribution in [0, 0.1) is 6.92 Å². The number of hydrogen-bond acceptors (Lipinski definition) is 6. The number of nitrogens with one attached hydrogen (secondary N) is 1. The number of sulfonamides is 1. The molecule has 2 aromatic carbocycles. The first-order valence-corrected chi connectivity index (χ1v) is 12.4. The van der Waals surface area contributed by atoms with Gasteiger partial charge in [-0.3, -0.25) is 4.79 Å². The normalized spacial score (nSPS) is 20.1. The van der Waals surface area contributed by atoms with Crippen molar-refractivity contribution in [3.8, 4) is 0 Å². The molecule has 1 fully saturated rings. The average Bonchev–Trinajstić information content (AvgIpc) is 3.06. The number of nitrogens with zero attached hydrogens (tertiary/aromatic N) is 2. The Kier molecular flexibility index (Phi) is 6.06. The number of halogens is 1. The fraction of sp³-hybridized carbons (Fsp3) is 0.333. The molecule has 1 aromatic heterocycles. The summed E-state index contributed by atoms with van der Waals surface area (Å²) in [6.07, 6.45) is -0.455. The molecule has 4 rings (SSSR count). The number of thiazole rings is 1. The summed E-state index contributed by atoms with van der Waals surface area (Å²) in [5, 5.41) is 3.84. The van der Waals surface area contributed by atoms with Gasteiger partial charge in [0.15, 0.2) is 0 Å². The van der Waals surface area contributed by atoms with Crippen molar-refractivity contribution >= 4 is 54.8 Å². The van der Waals surface area contributed by atoms with E-state index < -0.39 is 15.9 Å². The maximum absolute atomic E-state index is 13.2. The summed E-state index contributed by atoms with van der Waals surface area (Å²) >= 11 is 7.77. The molecular formula is C21H22ClN3O4S2. The zero-order chi connectivity index (χ0) is 22.3. The van der Waals surface area contributed by atoms with Crippen LogP contribution in [0.3, 0.4) is 0 Å². The number of rotatable bonds is 4. The van der Waals surface area contributed by atoms with E-state index in [1.807, 2.05) is 32.9 Å². The molecule has 1 aliphatic rings. The highest BCUT2D eigenvalue weighted by molar-refractivity contribution is 7.89. The summed E-state index contributed by atoms with van der Waals surface area (Å²) in [5.74, 6) is -0.419. The van der Waals surface area contributed by atoms with Gasteiger partial charge >= 0.3 is 0 Å². The Morgan fingerprint density at radius 1 is 1.19 bits per heavy atom. The van der Waals surface area contributed by atoms with Gasteiger partial charge in [-0.2, -0.15) is 4.31 Å². The second-order valence-electron chi connectivity index (χ2n) is 7.59. The van der Waals surface area contributed by atoms with Crippen molar-refractivity contribution in [2.45, 2.75) is 37.9 Å². The smallest absolute Gasteiger partial charge is 0.255 e. The molecule has 0 bridgehead atoms. The van der Waals surface area contributed by atoms with Crippen LogP contribution < -0.4 is 5.32 Å². The molecule has 7 nitrogen and oxygen atoms in total. The number of carbonyl (C=O) groups excluding carboxylic acids is 1. The fourth-order valence-corrected chi connectivity index (χ4v) is 6.59. The van der Waals surface area contributed by atoms with Gasteiger partial charge in [0.05, 0.1) is 32.5 Å². The topological polar surface area (TPSA) is 88.6 Å². The standard InChI is InChI=1S/C21H22ClN3O4S2/c1-12-10-25(11-13(2)29-12)31(27,28)20-8-15(4-6-17(20)22)21(26)24-16-5-7-18-19(9-16)30-14(3)23-18/h4-9,12-13H,10-11H2,1-3H3,(H,24,26). The van der Waals surface area contributed by atoms with Crippen molar-refractivity contribution in [3.63, 3.8) is 0 Å². The van der Waals surface area contributed by atoms with Crippen LogP contribution in [-0.4, -0.2) is 48.9 Å². The highest BCUT2D eigenvalue weighted by atomic mass is 35.5. The Morgan fingerprint density at radius 3 is 2.61 bits per heavy atom. The van der Waals surface area contributed by atoms with Gasteiger partial charge in [0.1, 0.15) is 4.90 Å². The monoisotopic (exact) mass is 479 g/mol. The van der Waals surface area contributed by atoms with Crippen LogP contribution in [0.4, 0.5) is 5.69 Å². The van der Waals surface area contributed by atoms with Crippen molar-refractivity contribution in [2.24, 2.45) is 0 Å². The molecule has 164 valence electrons. The van der Waals surface area contributed by atoms with E-state index in [0.29, 0.717) is 5.69 Å². The van der Waals surface area contributed by atoms with Crippen LogP contribution >= 0.6 is 22.9 Å². The summed E-state index contributed by atoms with van der Waals surface area (Å²) in [7, 11) is -3.88. The second-order valence-corrected chi connectivity index (χ2v) is 11.1. The molecule has 2 heterocycles. The number of carbonyl (C=O) groups is 1. The van der Waals surface area contributed by atoms with Crippen LogP contribution in [0.25, 0.3) is 10.2 Å². The summed E-state index contributed by atoms with van der Waals surface area (Å²) in [6.45, 7) is 6.03. The number of benzene rings is 2. The SMILES string of the molecule is Cc1nc2ccc(NC(=O)c3ccc(Cl)c(S(=O)(=O)N4CC(C)OC(C)C4)c3)cc2s1. The van der Waals surface area contributed by atoms with Crippen LogP contribution in [-0.2, 0) is 14.8 Å². The lowest BCUT2D eigenvalue weighted by Crippen LogP contribution is -2.48. The summed E-state index contributed by atoms with van der Waals surface area (Å²) < 4.78 is 34.4. The Bertz CT molecular complexity index is 1250. The Labute approximate surface area is 190 Å². The van der Waals surface area contributed by atoms with E-state index >= 15 is 0 Å². The van der Waals surface area contributed by atoms with Crippen molar-refractivity contribution in [1.29, 1.82) is 0 Å². The van der Waals surface area contributed by atoms with E-state index in [4.69, 9.17) is 16.3 Å². The lowest BCUT2D eigenvalue weighted by Gasteiger charge is -2.34. The zero-order valence-electron chi connectivity index (χ0n) is 17.3. The van der Waals surface area contributed by atoms with Crippen molar-refractivity contribution in [1.82, 2.24) is 9.29 Å². The number of fused-ring (bicyclic) bond motifs is 1. The first kappa shape index (κ1) is 22.2. The molecule has 31 heavy (non-hydrogen) atoms. The van der Waals surface area contributed by atoms with E-state index in [1.165, 1.54) is 33.8 Å². The number of ether oxygens (including phenoxy) is 1. The van der Waals surface area contributed by atoms with Gasteiger partial charge < -0.3 is 10.1 Å². The first-order chi connectivity index (χ1) is 14.6. The van der Waals surface area contributed by atoms with Gasteiger partial charge in [-0.15, -0.1) is 11.3 Å². The van der Waals surface area contributed by atoms with Crippen molar-refractivity contribution in [3.05, 3.63) is 52.0 Å². The van der Waals surface area contributed by atoms with Gasteiger partial charge in [-0.05, 0) is 57.2 Å². The number of aryl methyl sites for hydroxylation is 1. The minimum atomic E-state index is -3.88.